The molecule has 2 N–H and O–H groups in total. The Balaban J connectivity index is 1.72. The predicted octanol–water partition coefficient (Wildman–Crippen LogP) is 2.46. The molecule has 108 valence electrons. The Bertz CT molecular complexity index is 590. The molecule has 0 amide bonds. The quantitative estimate of drug-likeness (QED) is 0.899. The fraction of sp³-hybridized carbons (Fsp3) is 0.562. The Morgan fingerprint density at radius 2 is 2.30 bits per heavy atom. The van der Waals surface area contributed by atoms with Gasteiger partial charge in [0.1, 0.15) is 5.65 Å². The Kier molecular flexibility index (Phi) is 3.76. The molecule has 2 aromatic rings. The second-order valence-electron chi connectivity index (χ2n) is 6.11. The van der Waals surface area contributed by atoms with Gasteiger partial charge in [-0.2, -0.15) is 0 Å². The summed E-state index contributed by atoms with van der Waals surface area (Å²) in [6.45, 7) is 5.11. The molecular weight excluding hydrogens is 250 g/mol. The van der Waals surface area contributed by atoms with Gasteiger partial charge in [-0.3, -0.25) is 0 Å². The SMILES string of the molecule is CC(C)c1cn2ccc(CNC3CCCC3O)cc2n1. The number of hydrogen-bond acceptors (Lipinski definition) is 3. The minimum atomic E-state index is -0.183. The largest absolute Gasteiger partial charge is 0.392 e. The van der Waals surface area contributed by atoms with Crippen molar-refractivity contribution in [1.29, 1.82) is 0 Å². The number of imidazole rings is 1. The van der Waals surface area contributed by atoms with E-state index in [-0.39, 0.29) is 12.1 Å². The Labute approximate surface area is 119 Å². The summed E-state index contributed by atoms with van der Waals surface area (Å²) in [4.78, 5) is 4.65. The fourth-order valence-corrected chi connectivity index (χ4v) is 2.86. The van der Waals surface area contributed by atoms with Crippen molar-refractivity contribution in [2.45, 2.75) is 57.7 Å². The van der Waals surface area contributed by atoms with E-state index in [1.165, 1.54) is 5.56 Å². The van der Waals surface area contributed by atoms with E-state index >= 15 is 0 Å². The molecule has 0 saturated heterocycles. The molecule has 1 saturated carbocycles. The van der Waals surface area contributed by atoms with Gasteiger partial charge < -0.3 is 14.8 Å². The topological polar surface area (TPSA) is 49.6 Å². The van der Waals surface area contributed by atoms with Gasteiger partial charge in [-0.1, -0.05) is 13.8 Å². The zero-order valence-corrected chi connectivity index (χ0v) is 12.2. The third-order valence-electron chi connectivity index (χ3n) is 4.18. The van der Waals surface area contributed by atoms with Gasteiger partial charge in [0.25, 0.3) is 0 Å². The first-order chi connectivity index (χ1) is 9.63. The van der Waals surface area contributed by atoms with Gasteiger partial charge in [0.2, 0.25) is 0 Å². The second-order valence-corrected chi connectivity index (χ2v) is 6.11. The van der Waals surface area contributed by atoms with E-state index in [4.69, 9.17) is 0 Å². The van der Waals surface area contributed by atoms with E-state index < -0.39 is 0 Å². The highest BCUT2D eigenvalue weighted by molar-refractivity contribution is 5.43. The maximum atomic E-state index is 9.82. The Hall–Kier alpha value is -1.39. The number of aliphatic hydroxyl groups excluding tert-OH is 1. The molecule has 0 radical (unpaired) electrons. The first-order valence-electron chi connectivity index (χ1n) is 7.52. The van der Waals surface area contributed by atoms with Gasteiger partial charge in [-0.25, -0.2) is 4.98 Å². The molecule has 1 fully saturated rings. The molecule has 0 bridgehead atoms. The van der Waals surface area contributed by atoms with Gasteiger partial charge in [0.05, 0.1) is 11.8 Å². The van der Waals surface area contributed by atoms with E-state index in [0.29, 0.717) is 5.92 Å². The van der Waals surface area contributed by atoms with Crippen LogP contribution in [0.25, 0.3) is 5.65 Å². The van der Waals surface area contributed by atoms with Gasteiger partial charge in [-0.15, -0.1) is 0 Å². The number of rotatable bonds is 4. The molecular formula is C16H23N3O. The van der Waals surface area contributed by atoms with Crippen molar-refractivity contribution >= 4 is 5.65 Å². The molecule has 3 rings (SSSR count). The number of fused-ring (bicyclic) bond motifs is 1. The third-order valence-corrected chi connectivity index (χ3v) is 4.18. The molecule has 1 aliphatic carbocycles. The lowest BCUT2D eigenvalue weighted by Gasteiger charge is -2.16. The molecule has 20 heavy (non-hydrogen) atoms. The second kappa shape index (κ2) is 5.54. The molecule has 4 heteroatoms. The first-order valence-corrected chi connectivity index (χ1v) is 7.52. The zero-order chi connectivity index (χ0) is 14.1. The van der Waals surface area contributed by atoms with Crippen LogP contribution in [0.2, 0.25) is 0 Å². The smallest absolute Gasteiger partial charge is 0.137 e. The average molecular weight is 273 g/mol. The van der Waals surface area contributed by atoms with Gasteiger partial charge in [0.15, 0.2) is 0 Å². The van der Waals surface area contributed by atoms with Crippen LogP contribution in [0.15, 0.2) is 24.5 Å². The highest BCUT2D eigenvalue weighted by Gasteiger charge is 2.24. The van der Waals surface area contributed by atoms with E-state index in [2.05, 4.69) is 53.1 Å². The molecule has 2 atom stereocenters. The van der Waals surface area contributed by atoms with Crippen LogP contribution in [0.5, 0.6) is 0 Å². The first kappa shape index (κ1) is 13.6. The van der Waals surface area contributed by atoms with Crippen molar-refractivity contribution in [2.75, 3.05) is 0 Å². The van der Waals surface area contributed by atoms with Crippen molar-refractivity contribution in [3.63, 3.8) is 0 Å². The maximum Gasteiger partial charge on any atom is 0.137 e. The lowest BCUT2D eigenvalue weighted by Crippen LogP contribution is -2.35. The van der Waals surface area contributed by atoms with Crippen LogP contribution in [-0.2, 0) is 6.54 Å². The van der Waals surface area contributed by atoms with Crippen molar-refractivity contribution in [3.05, 3.63) is 35.8 Å². The number of nitrogens with zero attached hydrogens (tertiary/aromatic N) is 2. The number of hydrogen-bond donors (Lipinski definition) is 2. The zero-order valence-electron chi connectivity index (χ0n) is 12.2. The van der Waals surface area contributed by atoms with Gasteiger partial charge in [-0.05, 0) is 42.9 Å². The van der Waals surface area contributed by atoms with Crippen molar-refractivity contribution in [3.8, 4) is 0 Å². The standard InChI is InChI=1S/C16H23N3O/c1-11(2)14-10-19-7-6-12(8-16(19)18-14)9-17-13-4-3-5-15(13)20/h6-8,10-11,13,15,17,20H,3-5,9H2,1-2H3. The molecule has 2 aromatic heterocycles. The van der Waals surface area contributed by atoms with E-state index in [1.54, 1.807) is 0 Å². The van der Waals surface area contributed by atoms with Gasteiger partial charge in [0, 0.05) is 25.0 Å². The van der Waals surface area contributed by atoms with Crippen LogP contribution in [-0.4, -0.2) is 26.6 Å². The summed E-state index contributed by atoms with van der Waals surface area (Å²) in [7, 11) is 0. The summed E-state index contributed by atoms with van der Waals surface area (Å²) in [5, 5.41) is 13.3. The van der Waals surface area contributed by atoms with Crippen molar-refractivity contribution in [2.24, 2.45) is 0 Å². The molecule has 2 heterocycles. The number of nitrogens with one attached hydrogen (secondary N) is 1. The molecule has 1 aliphatic rings. The molecule has 4 nitrogen and oxygen atoms in total. The lowest BCUT2D eigenvalue weighted by atomic mass is 10.2. The average Bonchev–Trinajstić information content (AvgIpc) is 3.01. The van der Waals surface area contributed by atoms with Crippen LogP contribution in [0.1, 0.15) is 50.3 Å². The summed E-state index contributed by atoms with van der Waals surface area (Å²) < 4.78 is 2.07. The maximum absolute atomic E-state index is 9.82. The molecule has 2 unspecified atom stereocenters. The predicted molar refractivity (Wildman–Crippen MR) is 79.8 cm³/mol. The van der Waals surface area contributed by atoms with Crippen molar-refractivity contribution < 1.29 is 5.11 Å². The molecule has 0 spiro atoms. The summed E-state index contributed by atoms with van der Waals surface area (Å²) in [5.41, 5.74) is 3.35. The number of pyridine rings is 1. The van der Waals surface area contributed by atoms with Crippen LogP contribution >= 0.6 is 0 Å². The lowest BCUT2D eigenvalue weighted by molar-refractivity contribution is 0.148. The van der Waals surface area contributed by atoms with Crippen LogP contribution < -0.4 is 5.32 Å². The highest BCUT2D eigenvalue weighted by atomic mass is 16.3. The third kappa shape index (κ3) is 2.72. The summed E-state index contributed by atoms with van der Waals surface area (Å²) in [6, 6.07) is 4.49. The minimum Gasteiger partial charge on any atom is -0.392 e. The Morgan fingerprint density at radius 1 is 1.45 bits per heavy atom. The number of aliphatic hydroxyl groups is 1. The monoisotopic (exact) mass is 273 g/mol. The van der Waals surface area contributed by atoms with E-state index in [1.807, 2.05) is 0 Å². The van der Waals surface area contributed by atoms with Crippen LogP contribution in [0, 0.1) is 0 Å². The summed E-state index contributed by atoms with van der Waals surface area (Å²) in [6.07, 6.45) is 7.10. The Morgan fingerprint density at radius 3 is 3.00 bits per heavy atom. The highest BCUT2D eigenvalue weighted by Crippen LogP contribution is 2.20. The van der Waals surface area contributed by atoms with Crippen LogP contribution in [0.3, 0.4) is 0 Å². The van der Waals surface area contributed by atoms with Crippen molar-refractivity contribution in [1.82, 2.24) is 14.7 Å². The fourth-order valence-electron chi connectivity index (χ4n) is 2.86. The summed E-state index contributed by atoms with van der Waals surface area (Å²) >= 11 is 0. The van der Waals surface area contributed by atoms with Gasteiger partial charge >= 0.3 is 0 Å². The van der Waals surface area contributed by atoms with Crippen LogP contribution in [0.4, 0.5) is 0 Å². The number of aromatic nitrogens is 2. The normalized spacial score (nSPS) is 23.0. The minimum absolute atomic E-state index is 0.183. The summed E-state index contributed by atoms with van der Waals surface area (Å²) in [5.74, 6) is 0.449. The molecule has 0 aromatic carbocycles. The van der Waals surface area contributed by atoms with E-state index in [9.17, 15) is 5.11 Å². The molecule has 0 aliphatic heterocycles. The van der Waals surface area contributed by atoms with E-state index in [0.717, 1.165) is 37.1 Å².